The fourth-order valence-corrected chi connectivity index (χ4v) is 3.33. The molecule has 1 N–H and O–H groups in total. The second-order valence-corrected chi connectivity index (χ2v) is 5.59. The average Bonchev–Trinajstić information content (AvgIpc) is 3.22. The van der Waals surface area contributed by atoms with E-state index in [0.717, 1.165) is 11.0 Å². The molecule has 3 heterocycles. The van der Waals surface area contributed by atoms with Crippen molar-refractivity contribution in [3.8, 4) is 0 Å². The van der Waals surface area contributed by atoms with E-state index in [1.165, 1.54) is 10.4 Å². The molecular formula is C15H12N4S. The minimum atomic E-state index is 0.151. The lowest BCUT2D eigenvalue weighted by Gasteiger charge is -2.17. The van der Waals surface area contributed by atoms with E-state index in [1.807, 2.05) is 18.7 Å². The molecule has 5 heteroatoms. The molecule has 0 amide bonds. The Hall–Kier alpha value is -2.40. The normalized spacial score (nSPS) is 12.8. The van der Waals surface area contributed by atoms with Crippen LogP contribution in [0.5, 0.6) is 0 Å². The topological polar surface area (TPSA) is 46.5 Å². The molecule has 1 unspecified atom stereocenters. The van der Waals surface area contributed by atoms with Gasteiger partial charge in [0.2, 0.25) is 0 Å². The fourth-order valence-electron chi connectivity index (χ4n) is 2.47. The number of benzene rings is 1. The standard InChI is InChI=1S/C15H12N4S/c1-2-14(20-7-1)15(19-6-5-16-10-19)11-3-4-12-13(8-11)18-9-17-12/h1-10,15H,(H,17,18). The van der Waals surface area contributed by atoms with E-state index in [9.17, 15) is 0 Å². The lowest BCUT2D eigenvalue weighted by Crippen LogP contribution is -2.08. The Balaban J connectivity index is 1.89. The van der Waals surface area contributed by atoms with Gasteiger partial charge in [0.15, 0.2) is 0 Å². The van der Waals surface area contributed by atoms with Crippen molar-refractivity contribution in [3.63, 3.8) is 0 Å². The van der Waals surface area contributed by atoms with Gasteiger partial charge in [-0.1, -0.05) is 12.1 Å². The SMILES string of the molecule is c1csc(C(c2ccc3[nH]cnc3c2)n2ccnc2)c1. The largest absolute Gasteiger partial charge is 0.345 e. The van der Waals surface area contributed by atoms with Crippen LogP contribution in [-0.2, 0) is 0 Å². The Bertz CT molecular complexity index is 780. The van der Waals surface area contributed by atoms with E-state index in [2.05, 4.69) is 55.2 Å². The maximum atomic E-state index is 4.35. The summed E-state index contributed by atoms with van der Waals surface area (Å²) in [7, 11) is 0. The summed E-state index contributed by atoms with van der Waals surface area (Å²) in [6.07, 6.45) is 7.40. The van der Waals surface area contributed by atoms with E-state index in [1.54, 1.807) is 17.7 Å². The van der Waals surface area contributed by atoms with Gasteiger partial charge in [-0.3, -0.25) is 0 Å². The maximum Gasteiger partial charge on any atom is 0.0954 e. The molecule has 0 saturated heterocycles. The highest BCUT2D eigenvalue weighted by atomic mass is 32.1. The first-order valence-corrected chi connectivity index (χ1v) is 7.24. The van der Waals surface area contributed by atoms with Gasteiger partial charge < -0.3 is 9.55 Å². The Morgan fingerprint density at radius 1 is 1.25 bits per heavy atom. The minimum Gasteiger partial charge on any atom is -0.345 e. The third kappa shape index (κ3) is 1.83. The van der Waals surface area contributed by atoms with E-state index in [4.69, 9.17) is 0 Å². The lowest BCUT2D eigenvalue weighted by atomic mass is 10.0. The Morgan fingerprint density at radius 3 is 3.05 bits per heavy atom. The molecule has 98 valence electrons. The summed E-state index contributed by atoms with van der Waals surface area (Å²) in [5.41, 5.74) is 3.26. The Morgan fingerprint density at radius 2 is 2.25 bits per heavy atom. The molecule has 1 aromatic carbocycles. The van der Waals surface area contributed by atoms with Crippen LogP contribution in [0.15, 0.2) is 60.8 Å². The van der Waals surface area contributed by atoms with Crippen molar-refractivity contribution < 1.29 is 0 Å². The van der Waals surface area contributed by atoms with Crippen molar-refractivity contribution in [1.82, 2.24) is 19.5 Å². The molecule has 0 aliphatic carbocycles. The summed E-state index contributed by atoms with van der Waals surface area (Å²) in [4.78, 5) is 12.9. The minimum absolute atomic E-state index is 0.151. The number of nitrogens with zero attached hydrogens (tertiary/aromatic N) is 3. The van der Waals surface area contributed by atoms with Crippen molar-refractivity contribution in [1.29, 1.82) is 0 Å². The molecule has 4 nitrogen and oxygen atoms in total. The summed E-state index contributed by atoms with van der Waals surface area (Å²) < 4.78 is 2.12. The molecule has 0 bridgehead atoms. The van der Waals surface area contributed by atoms with Crippen LogP contribution in [-0.4, -0.2) is 19.5 Å². The van der Waals surface area contributed by atoms with E-state index in [-0.39, 0.29) is 6.04 Å². The number of aromatic amines is 1. The molecule has 0 aliphatic rings. The quantitative estimate of drug-likeness (QED) is 0.624. The van der Waals surface area contributed by atoms with Crippen LogP contribution in [0.1, 0.15) is 16.5 Å². The molecule has 0 radical (unpaired) electrons. The van der Waals surface area contributed by atoms with Crippen LogP contribution in [0.3, 0.4) is 0 Å². The number of imidazole rings is 2. The highest BCUT2D eigenvalue weighted by Gasteiger charge is 2.17. The fraction of sp³-hybridized carbons (Fsp3) is 0.0667. The third-order valence-electron chi connectivity index (χ3n) is 3.40. The highest BCUT2D eigenvalue weighted by molar-refractivity contribution is 7.10. The van der Waals surface area contributed by atoms with Crippen molar-refractivity contribution in [3.05, 3.63) is 71.2 Å². The first-order chi connectivity index (χ1) is 9.92. The number of nitrogens with one attached hydrogen (secondary N) is 1. The van der Waals surface area contributed by atoms with Crippen LogP contribution in [0.25, 0.3) is 11.0 Å². The third-order valence-corrected chi connectivity index (χ3v) is 4.32. The average molecular weight is 280 g/mol. The summed E-state index contributed by atoms with van der Waals surface area (Å²) in [6, 6.07) is 10.7. The summed E-state index contributed by atoms with van der Waals surface area (Å²) in [5, 5.41) is 2.10. The summed E-state index contributed by atoms with van der Waals surface area (Å²) in [6.45, 7) is 0. The molecule has 0 aliphatic heterocycles. The number of hydrogen-bond donors (Lipinski definition) is 1. The monoisotopic (exact) mass is 280 g/mol. The van der Waals surface area contributed by atoms with E-state index >= 15 is 0 Å². The van der Waals surface area contributed by atoms with Gasteiger partial charge in [-0.25, -0.2) is 9.97 Å². The van der Waals surface area contributed by atoms with Crippen LogP contribution in [0.2, 0.25) is 0 Å². The van der Waals surface area contributed by atoms with Gasteiger partial charge in [-0.2, -0.15) is 0 Å². The predicted molar refractivity (Wildman–Crippen MR) is 79.9 cm³/mol. The highest BCUT2D eigenvalue weighted by Crippen LogP contribution is 2.31. The first-order valence-electron chi connectivity index (χ1n) is 6.36. The smallest absolute Gasteiger partial charge is 0.0954 e. The molecule has 0 fully saturated rings. The lowest BCUT2D eigenvalue weighted by molar-refractivity contribution is 0.689. The Kier molecular flexibility index (Phi) is 2.63. The zero-order valence-electron chi connectivity index (χ0n) is 10.6. The van der Waals surface area contributed by atoms with Crippen LogP contribution >= 0.6 is 11.3 Å². The molecular weight excluding hydrogens is 268 g/mol. The number of hydrogen-bond acceptors (Lipinski definition) is 3. The van der Waals surface area contributed by atoms with Gasteiger partial charge in [-0.05, 0) is 29.1 Å². The maximum absolute atomic E-state index is 4.35. The Labute approximate surface area is 119 Å². The zero-order valence-corrected chi connectivity index (χ0v) is 11.4. The number of aromatic nitrogens is 4. The van der Waals surface area contributed by atoms with Gasteiger partial charge in [0.25, 0.3) is 0 Å². The second-order valence-electron chi connectivity index (χ2n) is 4.61. The molecule has 20 heavy (non-hydrogen) atoms. The molecule has 0 saturated carbocycles. The van der Waals surface area contributed by atoms with Gasteiger partial charge in [0.05, 0.1) is 29.7 Å². The molecule has 0 spiro atoms. The molecule has 4 aromatic rings. The first kappa shape index (κ1) is 11.4. The van der Waals surface area contributed by atoms with Crippen molar-refractivity contribution >= 4 is 22.4 Å². The van der Waals surface area contributed by atoms with Crippen molar-refractivity contribution in [2.75, 3.05) is 0 Å². The molecule has 4 rings (SSSR count). The predicted octanol–water partition coefficient (Wildman–Crippen LogP) is 3.46. The summed E-state index contributed by atoms with van der Waals surface area (Å²) in [5.74, 6) is 0. The number of H-pyrrole nitrogens is 1. The van der Waals surface area contributed by atoms with Crippen LogP contribution < -0.4 is 0 Å². The number of thiophene rings is 1. The number of fused-ring (bicyclic) bond motifs is 1. The molecule has 3 aromatic heterocycles. The number of rotatable bonds is 3. The van der Waals surface area contributed by atoms with E-state index < -0.39 is 0 Å². The summed E-state index contributed by atoms with van der Waals surface area (Å²) >= 11 is 1.75. The van der Waals surface area contributed by atoms with Gasteiger partial charge >= 0.3 is 0 Å². The van der Waals surface area contributed by atoms with Crippen LogP contribution in [0.4, 0.5) is 0 Å². The van der Waals surface area contributed by atoms with E-state index in [0.29, 0.717) is 0 Å². The van der Waals surface area contributed by atoms with Gasteiger partial charge in [0, 0.05) is 17.3 Å². The molecule has 1 atom stereocenters. The van der Waals surface area contributed by atoms with Gasteiger partial charge in [-0.15, -0.1) is 11.3 Å². The van der Waals surface area contributed by atoms with Gasteiger partial charge in [0.1, 0.15) is 0 Å². The van der Waals surface area contributed by atoms with Crippen molar-refractivity contribution in [2.45, 2.75) is 6.04 Å². The van der Waals surface area contributed by atoms with Crippen molar-refractivity contribution in [2.24, 2.45) is 0 Å². The second kappa shape index (κ2) is 4.61. The zero-order chi connectivity index (χ0) is 13.4. The van der Waals surface area contributed by atoms with Crippen LogP contribution in [0, 0.1) is 0 Å².